The van der Waals surface area contributed by atoms with Crippen molar-refractivity contribution in [1.29, 1.82) is 0 Å². The molecule has 2 rings (SSSR count). The van der Waals surface area contributed by atoms with Gasteiger partial charge in [0.05, 0.1) is 16.1 Å². The number of benzene rings is 2. The third-order valence-corrected chi connectivity index (χ3v) is 5.04. The first-order valence-corrected chi connectivity index (χ1v) is 9.52. The molecule has 0 saturated heterocycles. The Bertz CT molecular complexity index is 846. The summed E-state index contributed by atoms with van der Waals surface area (Å²) in [7, 11) is -3.76. The summed E-state index contributed by atoms with van der Waals surface area (Å²) in [6.07, 6.45) is 1.80. The number of rotatable bonds is 7. The zero-order valence-electron chi connectivity index (χ0n) is 14.2. The van der Waals surface area contributed by atoms with E-state index in [0.29, 0.717) is 6.54 Å². The molecule has 0 aliphatic carbocycles. The van der Waals surface area contributed by atoms with Crippen molar-refractivity contribution in [2.75, 3.05) is 11.3 Å². The maximum Gasteiger partial charge on any atom is 0.261 e. The predicted octanol–water partition coefficient (Wildman–Crippen LogP) is 3.03. The number of phenolic OH excluding ortho intramolecular Hbond substituents is 1. The lowest BCUT2D eigenvalue weighted by Crippen LogP contribution is -2.24. The molecule has 0 aliphatic rings. The van der Waals surface area contributed by atoms with Gasteiger partial charge in [-0.25, -0.2) is 8.42 Å². The maximum atomic E-state index is 12.3. The van der Waals surface area contributed by atoms with Crippen LogP contribution >= 0.6 is 0 Å². The van der Waals surface area contributed by atoms with Gasteiger partial charge in [0.25, 0.3) is 15.9 Å². The molecular formula is C18H22N2O4S. The summed E-state index contributed by atoms with van der Waals surface area (Å²) < 4.78 is 27.1. The van der Waals surface area contributed by atoms with Gasteiger partial charge in [-0.15, -0.1) is 0 Å². The molecule has 0 bridgehead atoms. The molecular weight excluding hydrogens is 340 g/mol. The molecule has 0 aliphatic heterocycles. The highest BCUT2D eigenvalue weighted by molar-refractivity contribution is 7.92. The van der Waals surface area contributed by atoms with Gasteiger partial charge in [0.15, 0.2) is 0 Å². The Balaban J connectivity index is 2.14. The Morgan fingerprint density at radius 3 is 2.40 bits per heavy atom. The first kappa shape index (κ1) is 18.8. The van der Waals surface area contributed by atoms with Gasteiger partial charge >= 0.3 is 0 Å². The van der Waals surface area contributed by atoms with Crippen molar-refractivity contribution in [2.24, 2.45) is 0 Å². The number of hydrogen-bond acceptors (Lipinski definition) is 4. The Hall–Kier alpha value is -2.54. The summed E-state index contributed by atoms with van der Waals surface area (Å²) in [5, 5.41) is 12.7. The molecule has 1 amide bonds. The number of anilines is 1. The Morgan fingerprint density at radius 1 is 1.12 bits per heavy atom. The van der Waals surface area contributed by atoms with Gasteiger partial charge in [-0.1, -0.05) is 31.0 Å². The number of carbonyl (C=O) groups excluding carboxylic acids is 1. The number of sulfonamides is 1. The van der Waals surface area contributed by atoms with E-state index >= 15 is 0 Å². The smallest absolute Gasteiger partial charge is 0.261 e. The summed E-state index contributed by atoms with van der Waals surface area (Å²) >= 11 is 0. The fraction of sp³-hybridized carbons (Fsp3) is 0.278. The number of phenols is 1. The number of aromatic hydroxyl groups is 1. The number of carbonyl (C=O) groups is 1. The van der Waals surface area contributed by atoms with E-state index in [1.165, 1.54) is 30.3 Å². The monoisotopic (exact) mass is 362 g/mol. The summed E-state index contributed by atoms with van der Waals surface area (Å²) in [4.78, 5) is 12.1. The minimum Gasteiger partial charge on any atom is -0.507 e. The molecule has 2 aromatic carbocycles. The van der Waals surface area contributed by atoms with Gasteiger partial charge in [-0.05, 0) is 37.6 Å². The Kier molecular flexibility index (Phi) is 6.03. The summed E-state index contributed by atoms with van der Waals surface area (Å²) in [5.41, 5.74) is 1.24. The molecule has 0 fully saturated rings. The van der Waals surface area contributed by atoms with Gasteiger partial charge < -0.3 is 10.4 Å². The topological polar surface area (TPSA) is 95.5 Å². The highest BCUT2D eigenvalue weighted by Crippen LogP contribution is 2.24. The van der Waals surface area contributed by atoms with Crippen molar-refractivity contribution in [2.45, 2.75) is 31.6 Å². The molecule has 6 nitrogen and oxygen atoms in total. The summed E-state index contributed by atoms with van der Waals surface area (Å²) in [6, 6.07) is 10.5. The van der Waals surface area contributed by atoms with Crippen molar-refractivity contribution in [3.63, 3.8) is 0 Å². The second kappa shape index (κ2) is 8.02. The molecule has 7 heteroatoms. The van der Waals surface area contributed by atoms with E-state index in [-0.39, 0.29) is 27.8 Å². The minimum absolute atomic E-state index is 0.106. The van der Waals surface area contributed by atoms with Crippen LogP contribution in [0.15, 0.2) is 47.4 Å². The molecule has 0 radical (unpaired) electrons. The lowest BCUT2D eigenvalue weighted by Gasteiger charge is -2.11. The van der Waals surface area contributed by atoms with Gasteiger partial charge in [0.2, 0.25) is 0 Å². The standard InChI is InChI=1S/C18H22N2O4S/c1-3-4-11-19-18(22)16-10-7-14(12-17(16)21)20-25(23,24)15-8-5-13(2)6-9-15/h5-10,12,20-21H,3-4,11H2,1-2H3,(H,19,22). The molecule has 134 valence electrons. The fourth-order valence-electron chi connectivity index (χ4n) is 2.19. The Morgan fingerprint density at radius 2 is 1.80 bits per heavy atom. The second-order valence-corrected chi connectivity index (χ2v) is 7.44. The summed E-state index contributed by atoms with van der Waals surface area (Å²) in [5.74, 6) is -0.669. The van der Waals surface area contributed by atoms with Crippen molar-refractivity contribution in [3.05, 3.63) is 53.6 Å². The normalized spacial score (nSPS) is 11.1. The molecule has 2 aromatic rings. The van der Waals surface area contributed by atoms with E-state index in [0.717, 1.165) is 18.4 Å². The molecule has 0 aromatic heterocycles. The lowest BCUT2D eigenvalue weighted by molar-refractivity contribution is 0.0950. The third kappa shape index (κ3) is 4.96. The largest absolute Gasteiger partial charge is 0.507 e. The SMILES string of the molecule is CCCCNC(=O)c1ccc(NS(=O)(=O)c2ccc(C)cc2)cc1O. The predicted molar refractivity (Wildman–Crippen MR) is 97.3 cm³/mol. The molecule has 25 heavy (non-hydrogen) atoms. The van der Waals surface area contributed by atoms with Crippen LogP contribution in [0, 0.1) is 6.92 Å². The number of hydrogen-bond donors (Lipinski definition) is 3. The fourth-order valence-corrected chi connectivity index (χ4v) is 3.24. The lowest BCUT2D eigenvalue weighted by atomic mass is 10.1. The van der Waals surface area contributed by atoms with Crippen molar-refractivity contribution < 1.29 is 18.3 Å². The molecule has 0 unspecified atom stereocenters. The highest BCUT2D eigenvalue weighted by atomic mass is 32.2. The van der Waals surface area contributed by atoms with Crippen LogP contribution in [-0.2, 0) is 10.0 Å². The van der Waals surface area contributed by atoms with E-state index < -0.39 is 10.0 Å². The van der Waals surface area contributed by atoms with E-state index in [9.17, 15) is 18.3 Å². The van der Waals surface area contributed by atoms with Gasteiger partial charge in [0.1, 0.15) is 5.75 Å². The van der Waals surface area contributed by atoms with E-state index in [1.807, 2.05) is 13.8 Å². The van der Waals surface area contributed by atoms with Crippen LogP contribution in [0.2, 0.25) is 0 Å². The van der Waals surface area contributed by atoms with Gasteiger partial charge in [-0.3, -0.25) is 9.52 Å². The third-order valence-electron chi connectivity index (χ3n) is 3.64. The zero-order valence-corrected chi connectivity index (χ0v) is 15.1. The van der Waals surface area contributed by atoms with Crippen molar-refractivity contribution >= 4 is 21.6 Å². The molecule has 0 heterocycles. The van der Waals surface area contributed by atoms with E-state index in [1.54, 1.807) is 12.1 Å². The van der Waals surface area contributed by atoms with Crippen LogP contribution in [0.3, 0.4) is 0 Å². The van der Waals surface area contributed by atoms with E-state index in [4.69, 9.17) is 0 Å². The minimum atomic E-state index is -3.76. The maximum absolute atomic E-state index is 12.3. The number of amides is 1. The van der Waals surface area contributed by atoms with Crippen LogP contribution in [0.5, 0.6) is 5.75 Å². The van der Waals surface area contributed by atoms with Crippen molar-refractivity contribution in [3.8, 4) is 5.75 Å². The average Bonchev–Trinajstić information content (AvgIpc) is 2.55. The first-order chi connectivity index (χ1) is 11.8. The number of nitrogens with one attached hydrogen (secondary N) is 2. The van der Waals surface area contributed by atoms with Crippen LogP contribution in [0.1, 0.15) is 35.7 Å². The highest BCUT2D eigenvalue weighted by Gasteiger charge is 2.16. The zero-order chi connectivity index (χ0) is 18.4. The van der Waals surface area contributed by atoms with Crippen LogP contribution < -0.4 is 10.0 Å². The number of unbranched alkanes of at least 4 members (excludes halogenated alkanes) is 1. The van der Waals surface area contributed by atoms with Crippen molar-refractivity contribution in [1.82, 2.24) is 5.32 Å². The molecule has 0 spiro atoms. The van der Waals surface area contributed by atoms with E-state index in [2.05, 4.69) is 10.0 Å². The van der Waals surface area contributed by atoms with Crippen LogP contribution in [-0.4, -0.2) is 26.0 Å². The van der Waals surface area contributed by atoms with Crippen LogP contribution in [0.25, 0.3) is 0 Å². The van der Waals surface area contributed by atoms with Crippen LogP contribution in [0.4, 0.5) is 5.69 Å². The second-order valence-electron chi connectivity index (χ2n) is 5.76. The molecule has 0 atom stereocenters. The Labute approximate surface area is 147 Å². The molecule has 3 N–H and O–H groups in total. The first-order valence-electron chi connectivity index (χ1n) is 8.04. The average molecular weight is 362 g/mol. The summed E-state index contributed by atoms with van der Waals surface area (Å²) in [6.45, 7) is 4.40. The van der Waals surface area contributed by atoms with Gasteiger partial charge in [0, 0.05) is 12.6 Å². The number of aryl methyl sites for hydroxylation is 1. The quantitative estimate of drug-likeness (QED) is 0.660. The molecule has 0 saturated carbocycles. The van der Waals surface area contributed by atoms with Gasteiger partial charge in [-0.2, -0.15) is 0 Å².